The number of carbonyl (C=O) groups is 2. The molecule has 0 aliphatic rings. The molecular weight excluding hydrogens is 390 g/mol. The van der Waals surface area contributed by atoms with Crippen LogP contribution in [-0.2, 0) is 4.79 Å². The Labute approximate surface area is 154 Å². The molecule has 0 aliphatic heterocycles. The lowest BCUT2D eigenvalue weighted by Crippen LogP contribution is -2.40. The van der Waals surface area contributed by atoms with E-state index in [1.807, 2.05) is 32.9 Å². The Hall–Kier alpha value is -1.73. The number of thiazole rings is 1. The molecule has 5 nitrogen and oxygen atoms in total. The van der Waals surface area contributed by atoms with Gasteiger partial charge in [0.2, 0.25) is 5.91 Å². The first-order valence-corrected chi connectivity index (χ1v) is 9.23. The van der Waals surface area contributed by atoms with Crippen LogP contribution in [0.5, 0.6) is 0 Å². The molecule has 0 radical (unpaired) electrons. The maximum absolute atomic E-state index is 12.7. The van der Waals surface area contributed by atoms with E-state index in [1.165, 1.54) is 11.3 Å². The first-order chi connectivity index (χ1) is 11.3. The Morgan fingerprint density at radius 3 is 2.50 bits per heavy atom. The fourth-order valence-corrected chi connectivity index (χ4v) is 3.12. The van der Waals surface area contributed by atoms with Gasteiger partial charge in [0.25, 0.3) is 5.91 Å². The average molecular weight is 410 g/mol. The average Bonchev–Trinajstić information content (AvgIpc) is 2.91. The van der Waals surface area contributed by atoms with Crippen molar-refractivity contribution in [2.45, 2.75) is 20.8 Å². The zero-order valence-electron chi connectivity index (χ0n) is 13.9. The predicted octanol–water partition coefficient (Wildman–Crippen LogP) is 3.95. The summed E-state index contributed by atoms with van der Waals surface area (Å²) in [6.45, 7) is 6.48. The highest BCUT2D eigenvalue weighted by Crippen LogP contribution is 2.17. The lowest BCUT2D eigenvalue weighted by molar-refractivity contribution is -0.117. The van der Waals surface area contributed by atoms with Gasteiger partial charge >= 0.3 is 0 Å². The van der Waals surface area contributed by atoms with Crippen LogP contribution in [0.3, 0.4) is 0 Å². The second kappa shape index (κ2) is 8.39. The molecular formula is C17H20BrN3O2S. The number of hydrogen-bond acceptors (Lipinski definition) is 4. The monoisotopic (exact) mass is 409 g/mol. The van der Waals surface area contributed by atoms with E-state index in [0.717, 1.165) is 9.35 Å². The van der Waals surface area contributed by atoms with Gasteiger partial charge in [-0.25, -0.2) is 4.98 Å². The predicted molar refractivity (Wildman–Crippen MR) is 100 cm³/mol. The molecule has 0 saturated carbocycles. The van der Waals surface area contributed by atoms with E-state index in [1.54, 1.807) is 23.2 Å². The first-order valence-electron chi connectivity index (χ1n) is 7.62. The van der Waals surface area contributed by atoms with Crippen molar-refractivity contribution in [1.82, 2.24) is 9.88 Å². The number of halogens is 1. The topological polar surface area (TPSA) is 62.3 Å². The number of hydrogen-bond donors (Lipinski definition) is 1. The van der Waals surface area contributed by atoms with Gasteiger partial charge in [0.05, 0.1) is 0 Å². The normalized spacial score (nSPS) is 10.7. The zero-order chi connectivity index (χ0) is 17.7. The summed E-state index contributed by atoms with van der Waals surface area (Å²) in [5.41, 5.74) is 0.566. The number of nitrogens with zero attached hydrogens (tertiary/aromatic N) is 2. The Bertz CT molecular complexity index is 713. The highest BCUT2D eigenvalue weighted by Gasteiger charge is 2.20. The van der Waals surface area contributed by atoms with Crippen LogP contribution in [0.25, 0.3) is 0 Å². The van der Waals surface area contributed by atoms with Crippen LogP contribution < -0.4 is 5.32 Å². The van der Waals surface area contributed by atoms with Gasteiger partial charge in [-0.05, 0) is 37.1 Å². The van der Waals surface area contributed by atoms with Crippen molar-refractivity contribution < 1.29 is 9.59 Å². The third kappa shape index (κ3) is 5.42. The summed E-state index contributed by atoms with van der Waals surface area (Å²) in [5.74, 6) is -0.128. The molecule has 2 amide bonds. The van der Waals surface area contributed by atoms with Crippen molar-refractivity contribution in [2.24, 2.45) is 5.92 Å². The molecule has 1 heterocycles. The van der Waals surface area contributed by atoms with Gasteiger partial charge in [-0.3, -0.25) is 9.59 Å². The van der Waals surface area contributed by atoms with Crippen molar-refractivity contribution in [1.29, 1.82) is 0 Å². The van der Waals surface area contributed by atoms with E-state index >= 15 is 0 Å². The molecule has 0 atom stereocenters. The van der Waals surface area contributed by atoms with E-state index < -0.39 is 0 Å². The fourth-order valence-electron chi connectivity index (χ4n) is 2.18. The minimum Gasteiger partial charge on any atom is -0.329 e. The molecule has 7 heteroatoms. The van der Waals surface area contributed by atoms with Gasteiger partial charge in [-0.2, -0.15) is 0 Å². The number of anilines is 1. The van der Waals surface area contributed by atoms with Gasteiger partial charge < -0.3 is 10.2 Å². The Morgan fingerprint density at radius 1 is 1.29 bits per heavy atom. The lowest BCUT2D eigenvalue weighted by Gasteiger charge is -2.24. The van der Waals surface area contributed by atoms with Crippen molar-refractivity contribution >= 4 is 44.2 Å². The smallest absolute Gasteiger partial charge is 0.254 e. The minimum absolute atomic E-state index is 0.00566. The fraction of sp³-hybridized carbons (Fsp3) is 0.353. The summed E-state index contributed by atoms with van der Waals surface area (Å²) in [6, 6.07) is 7.14. The summed E-state index contributed by atoms with van der Waals surface area (Å²) in [7, 11) is 0. The number of aryl methyl sites for hydroxylation is 1. The molecule has 24 heavy (non-hydrogen) atoms. The summed E-state index contributed by atoms with van der Waals surface area (Å²) in [6.07, 6.45) is 1.71. The van der Waals surface area contributed by atoms with Crippen LogP contribution in [0.15, 0.2) is 34.9 Å². The van der Waals surface area contributed by atoms with Gasteiger partial charge in [0.15, 0.2) is 5.13 Å². The molecule has 0 saturated heterocycles. The highest BCUT2D eigenvalue weighted by atomic mass is 79.9. The molecule has 1 N–H and O–H groups in total. The van der Waals surface area contributed by atoms with Gasteiger partial charge in [-0.15, -0.1) is 11.3 Å². The third-order valence-corrected chi connectivity index (χ3v) is 4.52. The quantitative estimate of drug-likeness (QED) is 0.785. The van der Waals surface area contributed by atoms with Gasteiger partial charge in [0, 0.05) is 27.7 Å². The lowest BCUT2D eigenvalue weighted by atomic mass is 10.1. The largest absolute Gasteiger partial charge is 0.329 e. The summed E-state index contributed by atoms with van der Waals surface area (Å²) >= 11 is 4.77. The first kappa shape index (κ1) is 18.6. The van der Waals surface area contributed by atoms with Crippen LogP contribution in [0.1, 0.15) is 29.1 Å². The number of rotatable bonds is 6. The molecule has 0 bridgehead atoms. The number of amides is 2. The summed E-state index contributed by atoms with van der Waals surface area (Å²) in [4.78, 5) is 31.7. The molecule has 0 unspecified atom stereocenters. The summed E-state index contributed by atoms with van der Waals surface area (Å²) in [5, 5.41) is 3.30. The van der Waals surface area contributed by atoms with E-state index in [-0.39, 0.29) is 24.3 Å². The van der Waals surface area contributed by atoms with Gasteiger partial charge in [0.1, 0.15) is 6.54 Å². The second-order valence-electron chi connectivity index (χ2n) is 5.91. The molecule has 0 aliphatic carbocycles. The Balaban J connectivity index is 2.08. The minimum atomic E-state index is -0.240. The molecule has 1 aromatic heterocycles. The van der Waals surface area contributed by atoms with E-state index in [4.69, 9.17) is 0 Å². The van der Waals surface area contributed by atoms with Crippen LogP contribution in [-0.4, -0.2) is 34.8 Å². The summed E-state index contributed by atoms with van der Waals surface area (Å²) < 4.78 is 0.909. The van der Waals surface area contributed by atoms with Crippen molar-refractivity contribution in [3.05, 3.63) is 45.4 Å². The third-order valence-electron chi connectivity index (χ3n) is 3.17. The number of aromatic nitrogens is 1. The van der Waals surface area contributed by atoms with E-state index in [0.29, 0.717) is 17.2 Å². The van der Waals surface area contributed by atoms with Crippen LogP contribution in [0, 0.1) is 12.8 Å². The number of nitrogens with one attached hydrogen (secondary N) is 1. The van der Waals surface area contributed by atoms with Gasteiger partial charge in [-0.1, -0.05) is 29.8 Å². The Morgan fingerprint density at radius 2 is 1.96 bits per heavy atom. The maximum atomic E-state index is 12.7. The van der Waals surface area contributed by atoms with Crippen molar-refractivity contribution in [2.75, 3.05) is 18.4 Å². The van der Waals surface area contributed by atoms with E-state index in [9.17, 15) is 9.59 Å². The second-order valence-corrected chi connectivity index (χ2v) is 8.06. The molecule has 0 fully saturated rings. The van der Waals surface area contributed by atoms with E-state index in [2.05, 4.69) is 26.2 Å². The molecule has 128 valence electrons. The van der Waals surface area contributed by atoms with Crippen molar-refractivity contribution in [3.63, 3.8) is 0 Å². The highest BCUT2D eigenvalue weighted by molar-refractivity contribution is 9.10. The van der Waals surface area contributed by atoms with Crippen LogP contribution in [0.2, 0.25) is 0 Å². The molecule has 0 spiro atoms. The molecule has 2 aromatic rings. The van der Waals surface area contributed by atoms with Crippen molar-refractivity contribution in [3.8, 4) is 0 Å². The molecule has 2 rings (SSSR count). The SMILES string of the molecule is Cc1cnc(NC(=O)CN(CC(C)C)C(=O)c2ccc(Br)cc2)s1. The standard InChI is InChI=1S/C17H20BrN3O2S/c1-11(2)9-21(16(23)13-4-6-14(18)7-5-13)10-15(22)20-17-19-8-12(3)24-17/h4-8,11H,9-10H2,1-3H3,(H,19,20,22). The Kier molecular flexibility index (Phi) is 6.51. The number of benzene rings is 1. The molecule has 1 aromatic carbocycles. The van der Waals surface area contributed by atoms with Crippen LogP contribution >= 0.6 is 27.3 Å². The van der Waals surface area contributed by atoms with Crippen LogP contribution in [0.4, 0.5) is 5.13 Å². The number of carbonyl (C=O) groups excluding carboxylic acids is 2. The maximum Gasteiger partial charge on any atom is 0.254 e. The zero-order valence-corrected chi connectivity index (χ0v) is 16.3.